The summed E-state index contributed by atoms with van der Waals surface area (Å²) in [6.45, 7) is 3.16. The maximum atomic E-state index is 14.8. The third-order valence-electron chi connectivity index (χ3n) is 5.37. The smallest absolute Gasteiger partial charge is 0.290 e. The number of thiophene rings is 1. The number of nitrogens with zero attached hydrogens (tertiary/aromatic N) is 2. The minimum Gasteiger partial charge on any atom is -0.483 e. The summed E-state index contributed by atoms with van der Waals surface area (Å²) < 4.78 is 57.5. The lowest BCUT2D eigenvalue weighted by Gasteiger charge is -2.23. The minimum absolute atomic E-state index is 0.00826. The van der Waals surface area contributed by atoms with Gasteiger partial charge in [0.1, 0.15) is 23.4 Å². The van der Waals surface area contributed by atoms with E-state index in [-0.39, 0.29) is 25.5 Å². The lowest BCUT2D eigenvalue weighted by Crippen LogP contribution is -2.41. The number of rotatable bonds is 7. The molecular formula is C22H26ClF2N3O5S2. The monoisotopic (exact) mass is 549 g/mol. The van der Waals surface area contributed by atoms with Gasteiger partial charge in [-0.1, -0.05) is 11.6 Å². The Balaban J connectivity index is 0.00000137. The van der Waals surface area contributed by atoms with Crippen LogP contribution in [0, 0.1) is 11.6 Å². The molecule has 2 heterocycles. The molecule has 1 aromatic carbocycles. The number of sulfonamides is 1. The molecule has 3 rings (SSSR count). The molecule has 1 amide bonds. The van der Waals surface area contributed by atoms with Crippen LogP contribution in [0.1, 0.15) is 36.8 Å². The van der Waals surface area contributed by atoms with Gasteiger partial charge in [0, 0.05) is 17.5 Å². The van der Waals surface area contributed by atoms with Crippen molar-refractivity contribution in [1.82, 2.24) is 9.62 Å². The Bertz CT molecular complexity index is 1190. The van der Waals surface area contributed by atoms with E-state index in [1.807, 2.05) is 0 Å². The molecule has 2 N–H and O–H groups in total. The number of nitrogens with one attached hydrogen (secondary N) is 1. The van der Waals surface area contributed by atoms with Crippen LogP contribution in [0.2, 0.25) is 4.34 Å². The quantitative estimate of drug-likeness (QED) is 0.504. The summed E-state index contributed by atoms with van der Waals surface area (Å²) in [6.07, 6.45) is 0.0878. The third kappa shape index (κ3) is 7.31. The molecule has 1 saturated heterocycles. The van der Waals surface area contributed by atoms with Gasteiger partial charge < -0.3 is 14.9 Å². The fourth-order valence-electron chi connectivity index (χ4n) is 3.44. The summed E-state index contributed by atoms with van der Waals surface area (Å²) >= 11 is 7.12. The van der Waals surface area contributed by atoms with E-state index in [1.165, 1.54) is 23.5 Å². The molecule has 8 nitrogen and oxygen atoms in total. The predicted molar refractivity (Wildman–Crippen MR) is 133 cm³/mol. The summed E-state index contributed by atoms with van der Waals surface area (Å²) in [7, 11) is -0.398. The zero-order valence-corrected chi connectivity index (χ0v) is 21.8. The first kappa shape index (κ1) is 28.9. The van der Waals surface area contributed by atoms with Crippen LogP contribution < -0.4 is 9.62 Å². The molecule has 1 aliphatic heterocycles. The van der Waals surface area contributed by atoms with E-state index in [0.717, 1.165) is 10.3 Å². The molecule has 1 aromatic heterocycles. The highest BCUT2D eigenvalue weighted by Crippen LogP contribution is 2.32. The average molecular weight is 550 g/mol. The molecule has 1 aliphatic rings. The molecule has 0 bridgehead atoms. The fourth-order valence-corrected chi connectivity index (χ4v) is 5.81. The molecular weight excluding hydrogens is 524 g/mol. The Morgan fingerprint density at radius 3 is 2.37 bits per heavy atom. The van der Waals surface area contributed by atoms with Gasteiger partial charge in [-0.2, -0.15) is 4.72 Å². The van der Waals surface area contributed by atoms with Crippen molar-refractivity contribution in [3.63, 3.8) is 0 Å². The molecule has 2 aromatic rings. The van der Waals surface area contributed by atoms with Crippen LogP contribution in [0.5, 0.6) is 0 Å². The summed E-state index contributed by atoms with van der Waals surface area (Å²) in [4.78, 5) is 24.6. The largest absolute Gasteiger partial charge is 0.483 e. The number of amides is 1. The standard InChI is InChI=1S/C21H24ClF2N3O3S2.CH2O2/c1-12(18-5-6-19(22)31-18)11-32(29,30)25-17-7-8-27(21(17)28)20-15(23)9-14(10-16(20)24)13(2)26(3)4;2-1-3/h5-6,9-11,13,17,25H,7-8H2,1-4H3;1H,(H,2,3). The minimum atomic E-state index is -3.98. The maximum Gasteiger partial charge on any atom is 0.290 e. The van der Waals surface area contributed by atoms with E-state index in [1.54, 1.807) is 45.0 Å². The van der Waals surface area contributed by atoms with Crippen LogP contribution in [0.25, 0.3) is 5.57 Å². The van der Waals surface area contributed by atoms with Crippen LogP contribution in [0.3, 0.4) is 0 Å². The molecule has 1 fully saturated rings. The number of carbonyl (C=O) groups excluding carboxylic acids is 1. The first-order valence-corrected chi connectivity index (χ1v) is 13.1. The van der Waals surface area contributed by atoms with Gasteiger partial charge in [0.2, 0.25) is 15.9 Å². The normalized spacial score (nSPS) is 17.4. The highest BCUT2D eigenvalue weighted by molar-refractivity contribution is 7.92. The number of halogens is 3. The van der Waals surface area contributed by atoms with E-state index < -0.39 is 39.3 Å². The fraction of sp³-hybridized carbons (Fsp3) is 0.364. The maximum absolute atomic E-state index is 14.8. The van der Waals surface area contributed by atoms with E-state index >= 15 is 0 Å². The second kappa shape index (κ2) is 12.0. The SMILES string of the molecule is CC(=CS(=O)(=O)NC1CCN(c2c(F)cc(C(C)N(C)C)cc2F)C1=O)c1ccc(Cl)s1.O=CO. The van der Waals surface area contributed by atoms with Gasteiger partial charge in [-0.05, 0) is 69.8 Å². The Morgan fingerprint density at radius 2 is 1.89 bits per heavy atom. The second-order valence-corrected chi connectivity index (χ2v) is 11.3. The van der Waals surface area contributed by atoms with Gasteiger partial charge in [-0.15, -0.1) is 11.3 Å². The zero-order chi connectivity index (χ0) is 26.5. The molecule has 2 unspecified atom stereocenters. The molecule has 0 radical (unpaired) electrons. The first-order chi connectivity index (χ1) is 16.3. The van der Waals surface area contributed by atoms with E-state index in [2.05, 4.69) is 4.72 Å². The number of carbonyl (C=O) groups is 2. The number of carboxylic acid groups (broad SMARTS) is 1. The molecule has 0 spiro atoms. The molecule has 13 heteroatoms. The van der Waals surface area contributed by atoms with Crippen molar-refractivity contribution in [3.8, 4) is 0 Å². The average Bonchev–Trinajstić information content (AvgIpc) is 3.33. The second-order valence-electron chi connectivity index (χ2n) is 7.98. The summed E-state index contributed by atoms with van der Waals surface area (Å²) in [5.74, 6) is -2.43. The van der Waals surface area contributed by atoms with Crippen molar-refractivity contribution in [1.29, 1.82) is 0 Å². The van der Waals surface area contributed by atoms with Gasteiger partial charge in [0.05, 0.1) is 9.74 Å². The van der Waals surface area contributed by atoms with Gasteiger partial charge in [0.25, 0.3) is 6.47 Å². The van der Waals surface area contributed by atoms with Gasteiger partial charge in [0.15, 0.2) is 0 Å². The van der Waals surface area contributed by atoms with Crippen molar-refractivity contribution in [2.45, 2.75) is 32.4 Å². The van der Waals surface area contributed by atoms with E-state index in [4.69, 9.17) is 21.5 Å². The molecule has 35 heavy (non-hydrogen) atoms. The Morgan fingerprint density at radius 1 is 1.31 bits per heavy atom. The lowest BCUT2D eigenvalue weighted by atomic mass is 10.1. The number of allylic oxidation sites excluding steroid dienone is 1. The van der Waals surface area contributed by atoms with Crippen LogP contribution in [-0.4, -0.2) is 57.5 Å². The van der Waals surface area contributed by atoms with Gasteiger partial charge >= 0.3 is 0 Å². The third-order valence-corrected chi connectivity index (χ3v) is 8.02. The van der Waals surface area contributed by atoms with Crippen LogP contribution >= 0.6 is 22.9 Å². The van der Waals surface area contributed by atoms with Crippen LogP contribution in [0.4, 0.5) is 14.5 Å². The van der Waals surface area contributed by atoms with Crippen LogP contribution in [0.15, 0.2) is 29.7 Å². The number of benzene rings is 1. The molecule has 2 atom stereocenters. The highest BCUT2D eigenvalue weighted by Gasteiger charge is 2.37. The van der Waals surface area contributed by atoms with Crippen molar-refractivity contribution >= 4 is 56.6 Å². The summed E-state index contributed by atoms with van der Waals surface area (Å²) in [5, 5.41) is 7.91. The molecule has 0 aliphatic carbocycles. The van der Waals surface area contributed by atoms with Crippen molar-refractivity contribution < 1.29 is 31.9 Å². The van der Waals surface area contributed by atoms with Gasteiger partial charge in [-0.3, -0.25) is 9.59 Å². The number of hydrogen-bond acceptors (Lipinski definition) is 6. The van der Waals surface area contributed by atoms with E-state index in [0.29, 0.717) is 20.4 Å². The van der Waals surface area contributed by atoms with Crippen molar-refractivity contribution in [2.24, 2.45) is 0 Å². The summed E-state index contributed by atoms with van der Waals surface area (Å²) in [6, 6.07) is 4.41. The van der Waals surface area contributed by atoms with Crippen LogP contribution in [-0.2, 0) is 19.6 Å². The first-order valence-electron chi connectivity index (χ1n) is 10.3. The Kier molecular flexibility index (Phi) is 9.93. The zero-order valence-electron chi connectivity index (χ0n) is 19.5. The lowest BCUT2D eigenvalue weighted by molar-refractivity contribution is -0.123. The van der Waals surface area contributed by atoms with Gasteiger partial charge in [-0.25, -0.2) is 17.2 Å². The number of hydrogen-bond donors (Lipinski definition) is 2. The van der Waals surface area contributed by atoms with E-state index in [9.17, 15) is 22.0 Å². The molecule has 0 saturated carbocycles. The Labute approximate surface area is 211 Å². The molecule has 192 valence electrons. The van der Waals surface area contributed by atoms with Crippen molar-refractivity contribution in [3.05, 3.63) is 56.1 Å². The Hall–Kier alpha value is -2.38. The predicted octanol–water partition coefficient (Wildman–Crippen LogP) is 4.09. The summed E-state index contributed by atoms with van der Waals surface area (Å²) in [5.41, 5.74) is 0.428. The number of anilines is 1. The highest BCUT2D eigenvalue weighted by atomic mass is 35.5. The van der Waals surface area contributed by atoms with Crippen molar-refractivity contribution in [2.75, 3.05) is 25.5 Å². The topological polar surface area (TPSA) is 107 Å².